The van der Waals surface area contributed by atoms with Gasteiger partial charge in [-0.05, 0) is 44.0 Å². The third-order valence-corrected chi connectivity index (χ3v) is 5.22. The van der Waals surface area contributed by atoms with E-state index in [1.165, 1.54) is 27.1 Å². The van der Waals surface area contributed by atoms with Gasteiger partial charge in [-0.15, -0.1) is 0 Å². The summed E-state index contributed by atoms with van der Waals surface area (Å²) in [5.74, 6) is 0.114. The molecule has 0 saturated carbocycles. The molecule has 0 amide bonds. The second kappa shape index (κ2) is 5.69. The van der Waals surface area contributed by atoms with E-state index in [4.69, 9.17) is 4.18 Å². The van der Waals surface area contributed by atoms with Crippen LogP contribution < -0.4 is 15.4 Å². The molecule has 8 heteroatoms. The van der Waals surface area contributed by atoms with Crippen molar-refractivity contribution in [3.05, 3.63) is 55.9 Å². The Labute approximate surface area is 133 Å². The van der Waals surface area contributed by atoms with Gasteiger partial charge in [-0.2, -0.15) is 8.42 Å². The lowest BCUT2D eigenvalue weighted by atomic mass is 10.1. The third kappa shape index (κ3) is 2.94. The molecule has 0 aliphatic carbocycles. The molecular weight excluding hydrogens is 320 g/mol. The fourth-order valence-corrected chi connectivity index (χ4v) is 3.43. The van der Waals surface area contributed by atoms with Gasteiger partial charge in [0.1, 0.15) is 5.75 Å². The zero-order valence-corrected chi connectivity index (χ0v) is 14.4. The van der Waals surface area contributed by atoms with Crippen molar-refractivity contribution >= 4 is 10.1 Å². The quantitative estimate of drug-likeness (QED) is 0.772. The summed E-state index contributed by atoms with van der Waals surface area (Å²) in [5, 5.41) is 0. The summed E-state index contributed by atoms with van der Waals surface area (Å²) in [4.78, 5) is 23.5. The number of hydrogen-bond acceptors (Lipinski definition) is 5. The van der Waals surface area contributed by atoms with E-state index in [1.807, 2.05) is 13.8 Å². The highest BCUT2D eigenvalue weighted by Crippen LogP contribution is 2.21. The van der Waals surface area contributed by atoms with Crippen molar-refractivity contribution in [1.29, 1.82) is 0 Å². The van der Waals surface area contributed by atoms with Gasteiger partial charge in [-0.25, -0.2) is 4.79 Å². The van der Waals surface area contributed by atoms with E-state index in [0.717, 1.165) is 20.3 Å². The predicted octanol–water partition coefficient (Wildman–Crippen LogP) is 0.777. The first-order valence-corrected chi connectivity index (χ1v) is 8.25. The Kier molecular flexibility index (Phi) is 4.21. The Balaban J connectivity index is 2.63. The molecule has 0 fully saturated rings. The molecular formula is C15H18N2O5S. The van der Waals surface area contributed by atoms with Crippen molar-refractivity contribution in [3.8, 4) is 5.75 Å². The second-order valence-electron chi connectivity index (χ2n) is 5.40. The normalized spacial score (nSPS) is 11.5. The van der Waals surface area contributed by atoms with Gasteiger partial charge in [-0.3, -0.25) is 13.9 Å². The predicted molar refractivity (Wildman–Crippen MR) is 85.4 cm³/mol. The Bertz CT molecular complexity index is 1000. The van der Waals surface area contributed by atoms with Crippen LogP contribution in [0.3, 0.4) is 0 Å². The topological polar surface area (TPSA) is 87.4 Å². The fraction of sp³-hybridized carbons (Fsp3) is 0.333. The van der Waals surface area contributed by atoms with Crippen LogP contribution in [-0.4, -0.2) is 17.6 Å². The molecule has 1 heterocycles. The zero-order chi connectivity index (χ0) is 17.5. The van der Waals surface area contributed by atoms with Gasteiger partial charge in [0.25, 0.3) is 5.56 Å². The van der Waals surface area contributed by atoms with Crippen LogP contribution >= 0.6 is 0 Å². The van der Waals surface area contributed by atoms with Gasteiger partial charge >= 0.3 is 15.8 Å². The Hall–Kier alpha value is -2.35. The van der Waals surface area contributed by atoms with Crippen LogP contribution in [0.15, 0.2) is 32.7 Å². The van der Waals surface area contributed by atoms with Crippen LogP contribution in [0.2, 0.25) is 0 Å². The van der Waals surface area contributed by atoms with Gasteiger partial charge in [0, 0.05) is 19.8 Å². The molecule has 0 radical (unpaired) electrons. The molecule has 2 rings (SSSR count). The molecule has 7 nitrogen and oxygen atoms in total. The fourth-order valence-electron chi connectivity index (χ4n) is 2.14. The average Bonchev–Trinajstić information content (AvgIpc) is 2.46. The Morgan fingerprint density at radius 3 is 2.13 bits per heavy atom. The summed E-state index contributed by atoms with van der Waals surface area (Å²) in [7, 11) is -1.74. The molecule has 0 N–H and O–H groups in total. The van der Waals surface area contributed by atoms with Crippen LogP contribution in [0.1, 0.15) is 16.8 Å². The molecule has 0 saturated heterocycles. The molecule has 1 aromatic heterocycles. The van der Waals surface area contributed by atoms with Crippen LogP contribution in [0.5, 0.6) is 5.75 Å². The number of benzene rings is 1. The van der Waals surface area contributed by atoms with Crippen molar-refractivity contribution in [3.63, 3.8) is 0 Å². The lowest BCUT2D eigenvalue weighted by Crippen LogP contribution is -2.41. The summed E-state index contributed by atoms with van der Waals surface area (Å²) >= 11 is 0. The molecule has 0 spiro atoms. The number of rotatable bonds is 3. The van der Waals surface area contributed by atoms with E-state index >= 15 is 0 Å². The first-order chi connectivity index (χ1) is 10.6. The van der Waals surface area contributed by atoms with Gasteiger partial charge < -0.3 is 4.18 Å². The zero-order valence-electron chi connectivity index (χ0n) is 13.6. The minimum Gasteiger partial charge on any atom is -0.379 e. The van der Waals surface area contributed by atoms with E-state index in [9.17, 15) is 18.0 Å². The molecule has 0 unspecified atom stereocenters. The standard InChI is InChI=1S/C15H18N2O5S/c1-9-6-7-12(8-10(9)2)22-23(20,21)13-11(3)16(4)15(19)17(5)14(13)18/h6-8H,1-5H3. The van der Waals surface area contributed by atoms with Crippen molar-refractivity contribution in [2.24, 2.45) is 14.1 Å². The highest BCUT2D eigenvalue weighted by Gasteiger charge is 2.27. The number of hydrogen-bond donors (Lipinski definition) is 0. The first kappa shape index (κ1) is 17.0. The minimum absolute atomic E-state index is 0.0296. The molecule has 2 aromatic rings. The number of nitrogens with zero attached hydrogens (tertiary/aromatic N) is 2. The summed E-state index contributed by atoms with van der Waals surface area (Å²) < 4.78 is 31.9. The summed E-state index contributed by atoms with van der Waals surface area (Å²) in [5.41, 5.74) is 0.376. The monoisotopic (exact) mass is 338 g/mol. The number of aromatic nitrogens is 2. The molecule has 23 heavy (non-hydrogen) atoms. The highest BCUT2D eigenvalue weighted by molar-refractivity contribution is 7.87. The van der Waals surface area contributed by atoms with Crippen LogP contribution in [0.4, 0.5) is 0 Å². The van der Waals surface area contributed by atoms with E-state index in [2.05, 4.69) is 0 Å². The summed E-state index contributed by atoms with van der Waals surface area (Å²) in [6, 6.07) is 4.82. The van der Waals surface area contributed by atoms with Gasteiger partial charge in [0.05, 0.1) is 0 Å². The maximum Gasteiger partial charge on any atom is 0.346 e. The maximum absolute atomic E-state index is 12.5. The smallest absolute Gasteiger partial charge is 0.346 e. The van der Waals surface area contributed by atoms with E-state index < -0.39 is 26.3 Å². The first-order valence-electron chi connectivity index (χ1n) is 6.84. The van der Waals surface area contributed by atoms with Crippen LogP contribution in [-0.2, 0) is 24.2 Å². The molecule has 124 valence electrons. The van der Waals surface area contributed by atoms with Gasteiger partial charge in [0.15, 0.2) is 4.90 Å². The summed E-state index contributed by atoms with van der Waals surface area (Å²) in [6.45, 7) is 5.10. The van der Waals surface area contributed by atoms with E-state index in [-0.39, 0.29) is 11.4 Å². The van der Waals surface area contributed by atoms with Crippen molar-refractivity contribution < 1.29 is 12.6 Å². The summed E-state index contributed by atoms with van der Waals surface area (Å²) in [6.07, 6.45) is 0. The number of aryl methyl sites for hydroxylation is 2. The van der Waals surface area contributed by atoms with Crippen molar-refractivity contribution in [2.75, 3.05) is 0 Å². The largest absolute Gasteiger partial charge is 0.379 e. The van der Waals surface area contributed by atoms with Gasteiger partial charge in [-0.1, -0.05) is 6.07 Å². The maximum atomic E-state index is 12.5. The van der Waals surface area contributed by atoms with Crippen LogP contribution in [0, 0.1) is 20.8 Å². The second-order valence-corrected chi connectivity index (χ2v) is 6.89. The van der Waals surface area contributed by atoms with E-state index in [1.54, 1.807) is 12.1 Å². The Morgan fingerprint density at radius 2 is 1.57 bits per heavy atom. The van der Waals surface area contributed by atoms with Gasteiger partial charge in [0.2, 0.25) is 0 Å². The highest BCUT2D eigenvalue weighted by atomic mass is 32.2. The lowest BCUT2D eigenvalue weighted by Gasteiger charge is -2.13. The SMILES string of the molecule is Cc1ccc(OS(=O)(=O)c2c(C)n(C)c(=O)n(C)c2=O)cc1C. The Morgan fingerprint density at radius 1 is 0.957 bits per heavy atom. The van der Waals surface area contributed by atoms with Crippen LogP contribution in [0.25, 0.3) is 0 Å². The minimum atomic E-state index is -4.36. The molecule has 1 aromatic carbocycles. The molecule has 0 aliphatic rings. The van der Waals surface area contributed by atoms with Crippen molar-refractivity contribution in [2.45, 2.75) is 25.7 Å². The molecule has 0 atom stereocenters. The lowest BCUT2D eigenvalue weighted by molar-refractivity contribution is 0.478. The molecule has 0 bridgehead atoms. The third-order valence-electron chi connectivity index (χ3n) is 3.84. The average molecular weight is 338 g/mol. The molecule has 0 aliphatic heterocycles. The van der Waals surface area contributed by atoms with Crippen molar-refractivity contribution in [1.82, 2.24) is 9.13 Å². The van der Waals surface area contributed by atoms with E-state index in [0.29, 0.717) is 0 Å².